The van der Waals surface area contributed by atoms with Gasteiger partial charge >= 0.3 is 0 Å². The second kappa shape index (κ2) is 8.36. The third-order valence-electron chi connectivity index (χ3n) is 3.06. The van der Waals surface area contributed by atoms with E-state index in [4.69, 9.17) is 19.3 Å². The van der Waals surface area contributed by atoms with Crippen molar-refractivity contribution in [2.75, 3.05) is 41.0 Å². The number of nitrogens with zero attached hydrogens (tertiary/aromatic N) is 1. The van der Waals surface area contributed by atoms with Gasteiger partial charge in [0.2, 0.25) is 5.75 Å². The predicted molar refractivity (Wildman–Crippen MR) is 79.4 cm³/mol. The van der Waals surface area contributed by atoms with Crippen LogP contribution in [0.1, 0.15) is 23.7 Å². The highest BCUT2D eigenvalue weighted by atomic mass is 16.5. The van der Waals surface area contributed by atoms with Gasteiger partial charge in [0.05, 0.1) is 27.9 Å². The summed E-state index contributed by atoms with van der Waals surface area (Å²) < 4.78 is 15.7. The second-order valence-electron chi connectivity index (χ2n) is 4.43. The number of rotatable bonds is 8. The number of carbonyl (C=O) groups is 1. The Hall–Kier alpha value is -1.95. The Kier molecular flexibility index (Phi) is 6.81. The van der Waals surface area contributed by atoms with E-state index in [0.717, 1.165) is 6.42 Å². The second-order valence-corrected chi connectivity index (χ2v) is 4.43. The zero-order valence-corrected chi connectivity index (χ0v) is 13.0. The summed E-state index contributed by atoms with van der Waals surface area (Å²) in [6.07, 6.45) is 0.816. The lowest BCUT2D eigenvalue weighted by atomic mass is 10.1. The van der Waals surface area contributed by atoms with Gasteiger partial charge in [-0.25, -0.2) is 0 Å². The molecule has 1 aromatic rings. The molecule has 6 nitrogen and oxygen atoms in total. The first kappa shape index (κ1) is 17.1. The number of carbonyl (C=O) groups excluding carboxylic acids is 1. The van der Waals surface area contributed by atoms with Crippen molar-refractivity contribution in [2.45, 2.75) is 13.3 Å². The predicted octanol–water partition coefficient (Wildman–Crippen LogP) is 1.56. The van der Waals surface area contributed by atoms with E-state index in [-0.39, 0.29) is 12.5 Å². The lowest BCUT2D eigenvalue weighted by molar-refractivity contribution is 0.0721. The summed E-state index contributed by atoms with van der Waals surface area (Å²) in [7, 11) is 4.52. The Labute approximate surface area is 125 Å². The number of hydrogen-bond donors (Lipinski definition) is 1. The van der Waals surface area contributed by atoms with Crippen molar-refractivity contribution in [3.8, 4) is 17.2 Å². The maximum absolute atomic E-state index is 12.5. The van der Waals surface area contributed by atoms with Crippen LogP contribution in [0.5, 0.6) is 17.2 Å². The molecule has 0 heterocycles. The fraction of sp³-hybridized carbons (Fsp3) is 0.533. The molecule has 21 heavy (non-hydrogen) atoms. The van der Waals surface area contributed by atoms with Crippen molar-refractivity contribution >= 4 is 5.91 Å². The minimum Gasteiger partial charge on any atom is -0.493 e. The summed E-state index contributed by atoms with van der Waals surface area (Å²) in [5, 5.41) is 9.08. The van der Waals surface area contributed by atoms with Crippen molar-refractivity contribution in [3.05, 3.63) is 17.7 Å². The minimum absolute atomic E-state index is 0.0732. The highest BCUT2D eigenvalue weighted by Gasteiger charge is 2.20. The lowest BCUT2D eigenvalue weighted by Crippen LogP contribution is -2.34. The summed E-state index contributed by atoms with van der Waals surface area (Å²) in [6.45, 7) is 2.78. The van der Waals surface area contributed by atoms with Gasteiger partial charge in [-0.3, -0.25) is 4.79 Å². The molecule has 6 heteroatoms. The zero-order valence-electron chi connectivity index (χ0n) is 13.0. The molecule has 0 aromatic heterocycles. The molecule has 0 aliphatic rings. The van der Waals surface area contributed by atoms with Crippen LogP contribution in [0.4, 0.5) is 0 Å². The van der Waals surface area contributed by atoms with Crippen molar-refractivity contribution in [1.29, 1.82) is 0 Å². The summed E-state index contributed by atoms with van der Waals surface area (Å²) in [5.74, 6) is 1.13. The van der Waals surface area contributed by atoms with Gasteiger partial charge in [-0.2, -0.15) is 0 Å². The Morgan fingerprint density at radius 3 is 2.05 bits per heavy atom. The Morgan fingerprint density at radius 2 is 1.67 bits per heavy atom. The normalized spacial score (nSPS) is 10.1. The van der Waals surface area contributed by atoms with Crippen molar-refractivity contribution in [2.24, 2.45) is 0 Å². The molecule has 0 bridgehead atoms. The van der Waals surface area contributed by atoms with Crippen LogP contribution in [0.15, 0.2) is 12.1 Å². The fourth-order valence-corrected chi connectivity index (χ4v) is 2.09. The van der Waals surface area contributed by atoms with Crippen LogP contribution in [-0.4, -0.2) is 56.9 Å². The van der Waals surface area contributed by atoms with Crippen LogP contribution in [0, 0.1) is 0 Å². The average Bonchev–Trinajstić information content (AvgIpc) is 2.52. The number of methoxy groups -OCH3 is 3. The number of benzene rings is 1. The molecule has 1 amide bonds. The summed E-state index contributed by atoms with van der Waals surface area (Å²) in [4.78, 5) is 14.1. The monoisotopic (exact) mass is 297 g/mol. The minimum atomic E-state index is -0.176. The number of ether oxygens (including phenoxy) is 3. The molecule has 118 valence electrons. The van der Waals surface area contributed by atoms with E-state index >= 15 is 0 Å². The molecule has 0 atom stereocenters. The van der Waals surface area contributed by atoms with E-state index in [2.05, 4.69) is 0 Å². The molecular weight excluding hydrogens is 274 g/mol. The largest absolute Gasteiger partial charge is 0.493 e. The van der Waals surface area contributed by atoms with Gasteiger partial charge in [-0.15, -0.1) is 0 Å². The van der Waals surface area contributed by atoms with Gasteiger partial charge in [0.1, 0.15) is 0 Å². The van der Waals surface area contributed by atoms with E-state index in [1.807, 2.05) is 6.92 Å². The summed E-state index contributed by atoms with van der Waals surface area (Å²) in [5.41, 5.74) is 0.436. The van der Waals surface area contributed by atoms with Crippen molar-refractivity contribution in [1.82, 2.24) is 4.90 Å². The zero-order chi connectivity index (χ0) is 15.8. The van der Waals surface area contributed by atoms with E-state index in [1.165, 1.54) is 21.3 Å². The van der Waals surface area contributed by atoms with E-state index in [1.54, 1.807) is 17.0 Å². The number of aliphatic hydroxyl groups is 1. The summed E-state index contributed by atoms with van der Waals surface area (Å²) in [6, 6.07) is 3.23. The Morgan fingerprint density at radius 1 is 1.10 bits per heavy atom. The Balaban J connectivity index is 3.19. The molecule has 1 aromatic carbocycles. The maximum atomic E-state index is 12.5. The topological polar surface area (TPSA) is 68.2 Å². The smallest absolute Gasteiger partial charge is 0.254 e. The van der Waals surface area contributed by atoms with E-state index in [0.29, 0.717) is 35.9 Å². The van der Waals surface area contributed by atoms with Gasteiger partial charge in [-0.1, -0.05) is 6.92 Å². The quantitative estimate of drug-likeness (QED) is 0.788. The first-order valence-electron chi connectivity index (χ1n) is 6.83. The third kappa shape index (κ3) is 4.01. The standard InChI is InChI=1S/C15H23NO5/c1-5-6-16(7-8-17)15(18)11-9-12(19-2)14(21-4)13(10-11)20-3/h9-10,17H,5-8H2,1-4H3. The van der Waals surface area contributed by atoms with Crippen LogP contribution in [-0.2, 0) is 0 Å². The molecule has 0 saturated carbocycles. The molecule has 0 unspecified atom stereocenters. The van der Waals surface area contributed by atoms with Crippen molar-refractivity contribution < 1.29 is 24.1 Å². The molecule has 0 fully saturated rings. The molecule has 0 saturated heterocycles. The molecule has 0 spiro atoms. The van der Waals surface area contributed by atoms with Crippen molar-refractivity contribution in [3.63, 3.8) is 0 Å². The van der Waals surface area contributed by atoms with E-state index < -0.39 is 0 Å². The highest BCUT2D eigenvalue weighted by Crippen LogP contribution is 2.38. The molecule has 0 aliphatic heterocycles. The average molecular weight is 297 g/mol. The SMILES string of the molecule is CCCN(CCO)C(=O)c1cc(OC)c(OC)c(OC)c1. The molecule has 0 aliphatic carbocycles. The number of aliphatic hydroxyl groups excluding tert-OH is 1. The Bertz CT molecular complexity index is 444. The molecule has 1 rings (SSSR count). The molecule has 0 radical (unpaired) electrons. The van der Waals surface area contributed by atoms with Gasteiger partial charge in [0.25, 0.3) is 5.91 Å². The number of amides is 1. The van der Waals surface area contributed by atoms with E-state index in [9.17, 15) is 4.79 Å². The van der Waals surface area contributed by atoms with Crippen LogP contribution in [0.25, 0.3) is 0 Å². The lowest BCUT2D eigenvalue weighted by Gasteiger charge is -2.22. The van der Waals surface area contributed by atoms with Crippen LogP contribution >= 0.6 is 0 Å². The molecule has 1 N–H and O–H groups in total. The van der Waals surface area contributed by atoms with Gasteiger partial charge in [0, 0.05) is 18.7 Å². The third-order valence-corrected chi connectivity index (χ3v) is 3.06. The van der Waals surface area contributed by atoms with Gasteiger partial charge in [0.15, 0.2) is 11.5 Å². The summed E-state index contributed by atoms with van der Waals surface area (Å²) >= 11 is 0. The molecular formula is C15H23NO5. The fourth-order valence-electron chi connectivity index (χ4n) is 2.09. The van der Waals surface area contributed by atoms with Gasteiger partial charge < -0.3 is 24.2 Å². The van der Waals surface area contributed by atoms with Crippen LogP contribution < -0.4 is 14.2 Å². The highest BCUT2D eigenvalue weighted by molar-refractivity contribution is 5.95. The van der Waals surface area contributed by atoms with Crippen LogP contribution in [0.2, 0.25) is 0 Å². The van der Waals surface area contributed by atoms with Gasteiger partial charge in [-0.05, 0) is 18.6 Å². The first-order valence-corrected chi connectivity index (χ1v) is 6.83. The van der Waals surface area contributed by atoms with Crippen LogP contribution in [0.3, 0.4) is 0 Å². The maximum Gasteiger partial charge on any atom is 0.254 e. The first-order chi connectivity index (χ1) is 10.1. The number of hydrogen-bond acceptors (Lipinski definition) is 5.